The first-order chi connectivity index (χ1) is 11.4. The molecule has 1 atom stereocenters. The molecule has 1 aliphatic heterocycles. The molecule has 1 aliphatic rings. The molecule has 2 rings (SSSR count). The predicted molar refractivity (Wildman–Crippen MR) is 95.5 cm³/mol. The number of carboxylic acids is 1. The van der Waals surface area contributed by atoms with Crippen molar-refractivity contribution >= 4 is 27.8 Å². The molecule has 1 N–H and O–H groups in total. The Labute approximate surface area is 151 Å². The molecule has 0 radical (unpaired) electrons. The van der Waals surface area contributed by atoms with Crippen molar-refractivity contribution in [3.05, 3.63) is 28.2 Å². The van der Waals surface area contributed by atoms with Crippen molar-refractivity contribution in [2.24, 2.45) is 0 Å². The number of amides is 1. The summed E-state index contributed by atoms with van der Waals surface area (Å²) in [5.74, 6) is -0.218. The van der Waals surface area contributed by atoms with E-state index in [1.165, 1.54) is 0 Å². The monoisotopic (exact) mass is 397 g/mol. The lowest BCUT2D eigenvalue weighted by molar-refractivity contribution is -0.137. The molecule has 1 fully saturated rings. The number of carbonyl (C=O) groups excluding carboxylic acids is 1. The smallest absolute Gasteiger partial charge is 0.303 e. The molecule has 0 spiro atoms. The van der Waals surface area contributed by atoms with Gasteiger partial charge in [0.1, 0.15) is 5.75 Å². The van der Waals surface area contributed by atoms with Crippen LogP contribution in [0.4, 0.5) is 0 Å². The second-order valence-corrected chi connectivity index (χ2v) is 7.34. The largest absolute Gasteiger partial charge is 0.491 e. The van der Waals surface area contributed by atoms with Gasteiger partial charge in [-0.15, -0.1) is 0 Å². The van der Waals surface area contributed by atoms with Gasteiger partial charge < -0.3 is 14.7 Å². The zero-order chi connectivity index (χ0) is 17.7. The number of hydrogen-bond acceptors (Lipinski definition) is 3. The number of likely N-dealkylation sites (tertiary alicyclic amines) is 1. The lowest BCUT2D eigenvalue weighted by Gasteiger charge is -2.36. The van der Waals surface area contributed by atoms with Crippen molar-refractivity contribution in [2.75, 3.05) is 6.54 Å². The minimum Gasteiger partial charge on any atom is -0.491 e. The second-order valence-electron chi connectivity index (χ2n) is 6.42. The molecule has 1 saturated heterocycles. The average Bonchev–Trinajstić information content (AvgIpc) is 2.51. The Hall–Kier alpha value is -1.56. The molecule has 0 saturated carbocycles. The fourth-order valence-corrected chi connectivity index (χ4v) is 3.52. The minimum atomic E-state index is -0.817. The Kier molecular flexibility index (Phi) is 6.66. The summed E-state index contributed by atoms with van der Waals surface area (Å²) in [5.41, 5.74) is 0.572. The van der Waals surface area contributed by atoms with Crippen LogP contribution in [0, 0.1) is 0 Å². The van der Waals surface area contributed by atoms with Crippen LogP contribution in [0.5, 0.6) is 5.75 Å². The first-order valence-corrected chi connectivity index (χ1v) is 9.16. The molecule has 1 aromatic carbocycles. The highest BCUT2D eigenvalue weighted by Crippen LogP contribution is 2.27. The summed E-state index contributed by atoms with van der Waals surface area (Å²) in [5, 5.41) is 8.92. The number of ether oxygens (including phenoxy) is 1. The number of nitrogens with zero attached hydrogens (tertiary/aromatic N) is 1. The lowest BCUT2D eigenvalue weighted by Crippen LogP contribution is -2.44. The van der Waals surface area contributed by atoms with E-state index in [1.54, 1.807) is 12.1 Å². The summed E-state index contributed by atoms with van der Waals surface area (Å²) in [7, 11) is 0. The highest BCUT2D eigenvalue weighted by atomic mass is 79.9. The number of aliphatic carboxylic acids is 1. The Morgan fingerprint density at radius 3 is 2.75 bits per heavy atom. The van der Waals surface area contributed by atoms with E-state index < -0.39 is 5.97 Å². The predicted octanol–water partition coefficient (Wildman–Crippen LogP) is 4.10. The van der Waals surface area contributed by atoms with Crippen molar-refractivity contribution in [1.29, 1.82) is 0 Å². The SMILES string of the molecule is CC(C)Oc1cc(Br)cc(C(=O)N2CCCCC2CCC(=O)O)c1. The van der Waals surface area contributed by atoms with E-state index in [9.17, 15) is 9.59 Å². The van der Waals surface area contributed by atoms with Crippen LogP contribution in [-0.2, 0) is 4.79 Å². The maximum Gasteiger partial charge on any atom is 0.303 e. The molecule has 24 heavy (non-hydrogen) atoms. The molecule has 1 unspecified atom stereocenters. The van der Waals surface area contributed by atoms with Crippen LogP contribution in [0.25, 0.3) is 0 Å². The zero-order valence-electron chi connectivity index (χ0n) is 14.1. The van der Waals surface area contributed by atoms with Crippen LogP contribution in [0.15, 0.2) is 22.7 Å². The Balaban J connectivity index is 2.18. The summed E-state index contributed by atoms with van der Waals surface area (Å²) < 4.78 is 6.50. The summed E-state index contributed by atoms with van der Waals surface area (Å²) in [6.45, 7) is 4.56. The van der Waals surface area contributed by atoms with E-state index >= 15 is 0 Å². The van der Waals surface area contributed by atoms with Gasteiger partial charge in [0, 0.05) is 29.0 Å². The normalized spacial score (nSPS) is 17.8. The quantitative estimate of drug-likeness (QED) is 0.784. The van der Waals surface area contributed by atoms with Gasteiger partial charge in [-0.3, -0.25) is 9.59 Å². The fourth-order valence-electron chi connectivity index (χ4n) is 3.05. The van der Waals surface area contributed by atoms with E-state index in [1.807, 2.05) is 24.8 Å². The molecule has 0 bridgehead atoms. The van der Waals surface area contributed by atoms with E-state index in [4.69, 9.17) is 9.84 Å². The molecule has 1 heterocycles. The molecule has 132 valence electrons. The van der Waals surface area contributed by atoms with E-state index in [0.717, 1.165) is 23.7 Å². The summed E-state index contributed by atoms with van der Waals surface area (Å²) in [6, 6.07) is 5.39. The maximum absolute atomic E-state index is 12.9. The van der Waals surface area contributed by atoms with Gasteiger partial charge in [-0.05, 0) is 57.7 Å². The van der Waals surface area contributed by atoms with Crippen molar-refractivity contribution < 1.29 is 19.4 Å². The third kappa shape index (κ3) is 5.23. The van der Waals surface area contributed by atoms with Crippen molar-refractivity contribution in [3.63, 3.8) is 0 Å². The Morgan fingerprint density at radius 2 is 2.08 bits per heavy atom. The van der Waals surface area contributed by atoms with Gasteiger partial charge in [0.15, 0.2) is 0 Å². The Morgan fingerprint density at radius 1 is 1.33 bits per heavy atom. The summed E-state index contributed by atoms with van der Waals surface area (Å²) >= 11 is 3.43. The molecule has 1 amide bonds. The molecule has 0 aromatic heterocycles. The number of carboxylic acid groups (broad SMARTS) is 1. The van der Waals surface area contributed by atoms with Crippen LogP contribution in [-0.4, -0.2) is 40.6 Å². The topological polar surface area (TPSA) is 66.8 Å². The summed E-state index contributed by atoms with van der Waals surface area (Å²) in [4.78, 5) is 25.6. The van der Waals surface area contributed by atoms with Gasteiger partial charge in [0.25, 0.3) is 5.91 Å². The minimum absolute atomic E-state index is 0.00389. The first-order valence-electron chi connectivity index (χ1n) is 8.37. The molecule has 0 aliphatic carbocycles. The van der Waals surface area contributed by atoms with Crippen LogP contribution in [0.2, 0.25) is 0 Å². The number of halogens is 1. The lowest BCUT2D eigenvalue weighted by atomic mass is 9.97. The summed E-state index contributed by atoms with van der Waals surface area (Å²) in [6.07, 6.45) is 3.48. The Bertz CT molecular complexity index is 603. The van der Waals surface area contributed by atoms with Crippen LogP contribution >= 0.6 is 15.9 Å². The van der Waals surface area contributed by atoms with E-state index in [-0.39, 0.29) is 24.5 Å². The van der Waals surface area contributed by atoms with Crippen LogP contribution in [0.1, 0.15) is 56.3 Å². The van der Waals surface area contributed by atoms with E-state index in [0.29, 0.717) is 24.3 Å². The van der Waals surface area contributed by atoms with Crippen LogP contribution < -0.4 is 4.74 Å². The molecular weight excluding hydrogens is 374 g/mol. The van der Waals surface area contributed by atoms with Gasteiger partial charge in [0.2, 0.25) is 0 Å². The number of hydrogen-bond donors (Lipinski definition) is 1. The number of benzene rings is 1. The maximum atomic E-state index is 12.9. The third-order valence-electron chi connectivity index (χ3n) is 4.07. The van der Waals surface area contributed by atoms with E-state index in [2.05, 4.69) is 15.9 Å². The number of piperidine rings is 1. The number of rotatable bonds is 6. The molecule has 1 aromatic rings. The van der Waals surface area contributed by atoms with Gasteiger partial charge >= 0.3 is 5.97 Å². The molecular formula is C18H24BrNO4. The van der Waals surface area contributed by atoms with Gasteiger partial charge in [-0.25, -0.2) is 0 Å². The van der Waals surface area contributed by atoms with Gasteiger partial charge in [-0.2, -0.15) is 0 Å². The van der Waals surface area contributed by atoms with Crippen LogP contribution in [0.3, 0.4) is 0 Å². The van der Waals surface area contributed by atoms with Crippen molar-refractivity contribution in [3.8, 4) is 5.75 Å². The highest BCUT2D eigenvalue weighted by Gasteiger charge is 2.28. The average molecular weight is 398 g/mol. The highest BCUT2D eigenvalue weighted by molar-refractivity contribution is 9.10. The van der Waals surface area contributed by atoms with Crippen molar-refractivity contribution in [1.82, 2.24) is 4.90 Å². The second kappa shape index (κ2) is 8.51. The fraction of sp³-hybridized carbons (Fsp3) is 0.556. The number of carbonyl (C=O) groups is 2. The van der Waals surface area contributed by atoms with Crippen molar-refractivity contribution in [2.45, 2.75) is 58.1 Å². The third-order valence-corrected chi connectivity index (χ3v) is 4.53. The molecule has 5 nitrogen and oxygen atoms in total. The van der Waals surface area contributed by atoms with Gasteiger partial charge in [-0.1, -0.05) is 15.9 Å². The molecule has 6 heteroatoms. The standard InChI is InChI=1S/C18H24BrNO4/c1-12(2)24-16-10-13(9-14(19)11-16)18(23)20-8-4-3-5-15(20)6-7-17(21)22/h9-12,15H,3-8H2,1-2H3,(H,21,22). The van der Waals surface area contributed by atoms with Gasteiger partial charge in [0.05, 0.1) is 6.10 Å². The zero-order valence-corrected chi connectivity index (χ0v) is 15.7. The first kappa shape index (κ1) is 18.8.